The highest BCUT2D eigenvalue weighted by Crippen LogP contribution is 2.49. The zero-order valence-corrected chi connectivity index (χ0v) is 33.5. The topological polar surface area (TPSA) is 131 Å². The van der Waals surface area contributed by atoms with Gasteiger partial charge in [0.2, 0.25) is 0 Å². The van der Waals surface area contributed by atoms with Gasteiger partial charge < -0.3 is 34.8 Å². The highest BCUT2D eigenvalue weighted by atomic mass is 32.3. The van der Waals surface area contributed by atoms with E-state index in [1.54, 1.807) is 21.3 Å². The van der Waals surface area contributed by atoms with Gasteiger partial charge >= 0.3 is 0 Å². The van der Waals surface area contributed by atoms with Crippen LogP contribution in [0.15, 0.2) is 0 Å². The summed E-state index contributed by atoms with van der Waals surface area (Å²) < 4.78 is 33.6. The smallest absolute Gasteiger partial charge is 0.0900 e. The van der Waals surface area contributed by atoms with Gasteiger partial charge in [-0.25, -0.2) is 0 Å². The molecule has 0 aromatic heterocycles. The summed E-state index contributed by atoms with van der Waals surface area (Å²) in [4.78, 5) is 2.17. The van der Waals surface area contributed by atoms with Gasteiger partial charge in [0.05, 0.1) is 70.3 Å². The molecule has 0 amide bonds. The number of aliphatic hydroxyl groups is 3. The molecular formula is C37H80N2O9S. The van der Waals surface area contributed by atoms with E-state index in [0.717, 1.165) is 58.0 Å². The second-order valence-electron chi connectivity index (χ2n) is 13.4. The summed E-state index contributed by atoms with van der Waals surface area (Å²) in [6, 6.07) is 0. The van der Waals surface area contributed by atoms with E-state index in [1.807, 2.05) is 0 Å². The Hall–Kier alpha value is -0.0900. The average molecular weight is 729 g/mol. The molecule has 11 nitrogen and oxygen atoms in total. The van der Waals surface area contributed by atoms with Crippen molar-refractivity contribution in [3.8, 4) is 0 Å². The molecule has 5 atom stereocenters. The van der Waals surface area contributed by atoms with E-state index in [9.17, 15) is 15.3 Å². The Morgan fingerprint density at radius 2 is 1.10 bits per heavy atom. The lowest BCUT2D eigenvalue weighted by Gasteiger charge is -2.33. The van der Waals surface area contributed by atoms with E-state index >= 15 is 0 Å². The van der Waals surface area contributed by atoms with Crippen molar-refractivity contribution in [1.82, 2.24) is 10.2 Å². The van der Waals surface area contributed by atoms with Crippen molar-refractivity contribution in [3.63, 3.8) is 0 Å². The third-order valence-electron chi connectivity index (χ3n) is 9.06. The van der Waals surface area contributed by atoms with Gasteiger partial charge in [-0.1, -0.05) is 79.1 Å². The van der Waals surface area contributed by atoms with Gasteiger partial charge in [-0.05, 0) is 57.0 Å². The number of hydrogen-bond acceptors (Lipinski definition) is 11. The van der Waals surface area contributed by atoms with Crippen LogP contribution in [-0.4, -0.2) is 138 Å². The molecule has 0 aliphatic heterocycles. The van der Waals surface area contributed by atoms with E-state index in [2.05, 4.69) is 37.9 Å². The molecule has 0 radical (unpaired) electrons. The van der Waals surface area contributed by atoms with Crippen molar-refractivity contribution >= 4 is 10.9 Å². The Morgan fingerprint density at radius 3 is 1.59 bits per heavy atom. The van der Waals surface area contributed by atoms with Gasteiger partial charge in [-0.15, -0.1) is 0 Å². The lowest BCUT2D eigenvalue weighted by atomic mass is 10.0. The maximum absolute atomic E-state index is 10.8. The first-order chi connectivity index (χ1) is 23.7. The van der Waals surface area contributed by atoms with Crippen LogP contribution in [0, 0.1) is 11.8 Å². The fourth-order valence-electron chi connectivity index (χ4n) is 5.77. The molecule has 12 heteroatoms. The van der Waals surface area contributed by atoms with Crippen LogP contribution >= 0.6 is 10.9 Å². The third-order valence-corrected chi connectivity index (χ3v) is 11.4. The van der Waals surface area contributed by atoms with Crippen LogP contribution in [-0.2, 0) is 26.8 Å². The van der Waals surface area contributed by atoms with Crippen LogP contribution < -0.4 is 5.32 Å². The summed E-state index contributed by atoms with van der Waals surface area (Å²) in [7, 11) is 2.77. The molecule has 0 aromatic rings. The highest BCUT2D eigenvalue weighted by molar-refractivity contribution is 8.21. The quantitative estimate of drug-likeness (QED) is 0.0569. The fraction of sp³-hybridized carbons (Fsp3) is 1.00. The van der Waals surface area contributed by atoms with Crippen molar-refractivity contribution in [1.29, 1.82) is 0 Å². The van der Waals surface area contributed by atoms with E-state index in [4.69, 9.17) is 26.8 Å². The molecule has 0 aliphatic rings. The Kier molecular flexibility index (Phi) is 33.7. The van der Waals surface area contributed by atoms with Crippen LogP contribution in [0.5, 0.6) is 0 Å². The van der Waals surface area contributed by atoms with Crippen molar-refractivity contribution in [2.24, 2.45) is 11.8 Å². The number of rotatable bonds is 38. The normalized spacial score (nSPS) is 15.8. The Morgan fingerprint density at radius 1 is 0.592 bits per heavy atom. The number of ether oxygens (including phenoxy) is 3. The Bertz CT molecular complexity index is 658. The van der Waals surface area contributed by atoms with Gasteiger partial charge in [-0.2, -0.15) is 0 Å². The standard InChI is InChI=1S/C37H80N2O9S/c1-8-12-19-33(10-3)28-47-31-36(41)26-39(27-37(42)32-48-29-34(11-4)20-13-9-2)22-17-15-14-16-21-38-25-35(40)30-46-23-18-24-49(43-5,44-6)45-7/h33-38,40-42H,8-32H2,1-7H3. The van der Waals surface area contributed by atoms with E-state index in [0.29, 0.717) is 70.3 Å². The average Bonchev–Trinajstić information content (AvgIpc) is 3.10. The molecule has 0 rings (SSSR count). The second-order valence-corrected chi connectivity index (χ2v) is 16.0. The van der Waals surface area contributed by atoms with Crippen molar-refractivity contribution in [3.05, 3.63) is 0 Å². The second kappa shape index (κ2) is 33.7. The largest absolute Gasteiger partial charge is 0.389 e. The molecule has 0 saturated carbocycles. The van der Waals surface area contributed by atoms with Crippen LogP contribution in [0.2, 0.25) is 0 Å². The summed E-state index contributed by atoms with van der Waals surface area (Å²) in [5, 5.41) is 35.2. The van der Waals surface area contributed by atoms with Crippen LogP contribution in [0.3, 0.4) is 0 Å². The molecule has 0 bridgehead atoms. The van der Waals surface area contributed by atoms with Crippen molar-refractivity contribution in [2.75, 3.05) is 99.4 Å². The Balaban J connectivity index is 4.46. The van der Waals surface area contributed by atoms with Crippen LogP contribution in [0.25, 0.3) is 0 Å². The highest BCUT2D eigenvalue weighted by Gasteiger charge is 2.22. The summed E-state index contributed by atoms with van der Waals surface area (Å²) in [6.07, 6.45) is 12.5. The third kappa shape index (κ3) is 27.2. The SMILES string of the molecule is CCCCC(CC)COCC(O)CN(CCCCCCNCC(O)COCCCS(OC)(OC)OC)CC(O)COCC(CC)CCCC. The summed E-state index contributed by atoms with van der Waals surface area (Å²) in [5.41, 5.74) is 0. The van der Waals surface area contributed by atoms with Gasteiger partial charge in [-0.3, -0.25) is 17.4 Å². The summed E-state index contributed by atoms with van der Waals surface area (Å²) in [5.74, 6) is 1.71. The molecule has 0 heterocycles. The van der Waals surface area contributed by atoms with Gasteiger partial charge in [0.1, 0.15) is 0 Å². The molecule has 0 spiro atoms. The maximum atomic E-state index is 10.8. The predicted octanol–water partition coefficient (Wildman–Crippen LogP) is 5.88. The first-order valence-electron chi connectivity index (χ1n) is 19.4. The first-order valence-corrected chi connectivity index (χ1v) is 21.0. The van der Waals surface area contributed by atoms with Crippen molar-refractivity contribution < 1.29 is 42.1 Å². The Labute approximate surface area is 303 Å². The maximum Gasteiger partial charge on any atom is 0.0900 e. The minimum Gasteiger partial charge on any atom is -0.389 e. The summed E-state index contributed by atoms with van der Waals surface area (Å²) >= 11 is 0. The number of aliphatic hydroxyl groups excluding tert-OH is 3. The van der Waals surface area contributed by atoms with Gasteiger partial charge in [0.15, 0.2) is 0 Å². The molecule has 0 saturated heterocycles. The number of nitrogens with one attached hydrogen (secondary N) is 1. The van der Waals surface area contributed by atoms with Crippen LogP contribution in [0.4, 0.5) is 0 Å². The minimum atomic E-state index is -1.96. The zero-order chi connectivity index (χ0) is 36.6. The lowest BCUT2D eigenvalue weighted by Crippen LogP contribution is -2.41. The molecular weight excluding hydrogens is 648 g/mol. The molecule has 0 aromatic carbocycles. The minimum absolute atomic E-state index is 0.280. The van der Waals surface area contributed by atoms with E-state index in [1.165, 1.54) is 38.5 Å². The molecule has 298 valence electrons. The van der Waals surface area contributed by atoms with Crippen LogP contribution in [0.1, 0.15) is 111 Å². The predicted molar refractivity (Wildman–Crippen MR) is 203 cm³/mol. The number of nitrogens with zero attached hydrogens (tertiary/aromatic N) is 1. The lowest BCUT2D eigenvalue weighted by molar-refractivity contribution is -0.0207. The first kappa shape index (κ1) is 48.9. The molecule has 49 heavy (non-hydrogen) atoms. The van der Waals surface area contributed by atoms with E-state index in [-0.39, 0.29) is 6.61 Å². The molecule has 4 N–H and O–H groups in total. The molecule has 0 fully saturated rings. The number of hydrogen-bond donors (Lipinski definition) is 4. The van der Waals surface area contributed by atoms with Gasteiger partial charge in [0, 0.05) is 45.2 Å². The number of unbranched alkanes of at least 4 members (excludes halogenated alkanes) is 5. The fourth-order valence-corrected chi connectivity index (χ4v) is 7.15. The van der Waals surface area contributed by atoms with Gasteiger partial charge in [0.25, 0.3) is 0 Å². The van der Waals surface area contributed by atoms with Crippen molar-refractivity contribution in [2.45, 2.75) is 129 Å². The summed E-state index contributed by atoms with van der Waals surface area (Å²) in [6.45, 7) is 14.7. The van der Waals surface area contributed by atoms with E-state index < -0.39 is 29.2 Å². The zero-order valence-electron chi connectivity index (χ0n) is 32.7. The molecule has 0 aliphatic carbocycles. The monoisotopic (exact) mass is 729 g/mol. The molecule has 5 unspecified atom stereocenters.